The summed E-state index contributed by atoms with van der Waals surface area (Å²) in [6.45, 7) is 3.79. The smallest absolute Gasteiger partial charge is 0.300 e. The first-order valence-corrected chi connectivity index (χ1v) is 6.83. The third-order valence-corrected chi connectivity index (χ3v) is 4.12. The average molecular weight is 388 g/mol. The second-order valence-electron chi connectivity index (χ2n) is 4.24. The van der Waals surface area contributed by atoms with Gasteiger partial charge in [-0.3, -0.25) is 19.6 Å². The summed E-state index contributed by atoms with van der Waals surface area (Å²) in [5.74, 6) is 5.21. The predicted molar refractivity (Wildman–Crippen MR) is 80.2 cm³/mol. The lowest BCUT2D eigenvalue weighted by Gasteiger charge is -2.05. The van der Waals surface area contributed by atoms with Crippen LogP contribution in [-0.4, -0.2) is 15.5 Å². The summed E-state index contributed by atoms with van der Waals surface area (Å²) in [5, 5.41) is 0. The lowest BCUT2D eigenvalue weighted by Crippen LogP contribution is -2.29. The number of amides is 1. The van der Waals surface area contributed by atoms with Gasteiger partial charge in [0, 0.05) is 5.56 Å². The Balaban J connectivity index is 2.36. The monoisotopic (exact) mass is 388 g/mol. The molecule has 2 aromatic heterocycles. The maximum absolute atomic E-state index is 12.1. The van der Waals surface area contributed by atoms with Gasteiger partial charge in [-0.1, -0.05) is 0 Å². The van der Waals surface area contributed by atoms with Gasteiger partial charge in [-0.2, -0.15) is 0 Å². The minimum absolute atomic E-state index is 0.114. The highest BCUT2D eigenvalue weighted by Crippen LogP contribution is 2.15. The van der Waals surface area contributed by atoms with Crippen molar-refractivity contribution in [1.82, 2.24) is 15.0 Å². The number of furan rings is 1. The van der Waals surface area contributed by atoms with Gasteiger partial charge in [0.05, 0.1) is 22.1 Å². The molecule has 0 aliphatic carbocycles. The molecular weight excluding hydrogens is 375 g/mol. The largest absolute Gasteiger partial charge is 0.456 e. The zero-order chi connectivity index (χ0) is 14.9. The first-order chi connectivity index (χ1) is 9.43. The van der Waals surface area contributed by atoms with Gasteiger partial charge in [0.15, 0.2) is 5.76 Å². The Morgan fingerprint density at radius 3 is 2.90 bits per heavy atom. The third kappa shape index (κ3) is 2.75. The number of rotatable bonds is 3. The second-order valence-corrected chi connectivity index (χ2v) is 5.32. The predicted octanol–water partition coefficient (Wildman–Crippen LogP) is 0.710. The van der Waals surface area contributed by atoms with Crippen LogP contribution in [0.15, 0.2) is 21.6 Å². The van der Waals surface area contributed by atoms with E-state index in [0.29, 0.717) is 15.0 Å². The molecule has 3 N–H and O–H groups in total. The van der Waals surface area contributed by atoms with Crippen molar-refractivity contribution in [2.24, 2.45) is 5.84 Å². The van der Waals surface area contributed by atoms with Crippen molar-refractivity contribution in [3.05, 3.63) is 49.1 Å². The number of aromatic nitrogens is 2. The molecule has 2 heterocycles. The Morgan fingerprint density at radius 1 is 1.55 bits per heavy atom. The van der Waals surface area contributed by atoms with Crippen molar-refractivity contribution in [2.45, 2.75) is 20.4 Å². The van der Waals surface area contributed by atoms with Gasteiger partial charge in [-0.05, 0) is 42.5 Å². The Bertz CT molecular complexity index is 720. The van der Waals surface area contributed by atoms with Gasteiger partial charge < -0.3 is 4.42 Å². The first kappa shape index (κ1) is 14.7. The van der Waals surface area contributed by atoms with Gasteiger partial charge in [0.25, 0.3) is 5.56 Å². The van der Waals surface area contributed by atoms with E-state index in [1.165, 1.54) is 10.9 Å². The summed E-state index contributed by atoms with van der Waals surface area (Å²) in [5.41, 5.74) is 3.30. The number of nitrogens with one attached hydrogen (secondary N) is 1. The number of halogens is 1. The molecule has 0 atom stereocenters. The van der Waals surface area contributed by atoms with Crippen molar-refractivity contribution in [1.29, 1.82) is 0 Å². The molecule has 7 nitrogen and oxygen atoms in total. The molecule has 0 saturated carbocycles. The van der Waals surface area contributed by atoms with Crippen LogP contribution in [-0.2, 0) is 6.54 Å². The van der Waals surface area contributed by atoms with Gasteiger partial charge >= 0.3 is 5.91 Å². The van der Waals surface area contributed by atoms with Crippen LogP contribution in [0.4, 0.5) is 0 Å². The minimum Gasteiger partial charge on any atom is -0.456 e. The van der Waals surface area contributed by atoms with Crippen LogP contribution in [0.5, 0.6) is 0 Å². The number of hydrogen-bond donors (Lipinski definition) is 2. The second kappa shape index (κ2) is 5.75. The maximum Gasteiger partial charge on any atom is 0.300 e. The fourth-order valence-corrected chi connectivity index (χ4v) is 2.15. The zero-order valence-electron chi connectivity index (χ0n) is 10.9. The average Bonchev–Trinajstić information content (AvgIpc) is 2.80. The number of nitrogens with zero attached hydrogens (tertiary/aromatic N) is 2. The lowest BCUT2D eigenvalue weighted by molar-refractivity contribution is 0.0924. The van der Waals surface area contributed by atoms with Crippen LogP contribution in [0.2, 0.25) is 0 Å². The Labute approximate surface area is 128 Å². The van der Waals surface area contributed by atoms with Crippen LogP contribution >= 0.6 is 22.6 Å². The van der Waals surface area contributed by atoms with Crippen molar-refractivity contribution in [3.63, 3.8) is 0 Å². The maximum atomic E-state index is 12.1. The Kier molecular flexibility index (Phi) is 4.23. The van der Waals surface area contributed by atoms with Crippen LogP contribution in [0.25, 0.3) is 0 Å². The third-order valence-electron chi connectivity index (χ3n) is 2.87. The zero-order valence-corrected chi connectivity index (χ0v) is 13.1. The molecule has 0 bridgehead atoms. The number of nitrogen functional groups attached to an aromatic ring is 1. The van der Waals surface area contributed by atoms with E-state index in [9.17, 15) is 9.59 Å². The molecule has 0 spiro atoms. The van der Waals surface area contributed by atoms with Crippen molar-refractivity contribution in [3.8, 4) is 0 Å². The van der Waals surface area contributed by atoms with E-state index in [-0.39, 0.29) is 17.9 Å². The molecular formula is C12H13IN4O3. The molecule has 0 unspecified atom stereocenters. The fraction of sp³-hybridized carbons (Fsp3) is 0.250. The minimum atomic E-state index is -0.511. The SMILES string of the molecule is Cc1ncn(Cc2cc(C(=O)NN)oc2C)c(=O)c1I. The fourth-order valence-electron chi connectivity index (χ4n) is 1.70. The number of hydrogen-bond acceptors (Lipinski definition) is 5. The van der Waals surface area contributed by atoms with E-state index in [0.717, 1.165) is 5.56 Å². The van der Waals surface area contributed by atoms with Crippen LogP contribution in [0, 0.1) is 17.4 Å². The number of carbonyl (C=O) groups excluding carboxylic acids is 1. The Hall–Kier alpha value is -1.68. The Morgan fingerprint density at radius 2 is 2.25 bits per heavy atom. The summed E-state index contributed by atoms with van der Waals surface area (Å²) in [4.78, 5) is 27.6. The number of hydrazine groups is 1. The molecule has 0 saturated heterocycles. The van der Waals surface area contributed by atoms with Crippen LogP contribution in [0.1, 0.15) is 27.6 Å². The molecule has 0 aromatic carbocycles. The molecule has 20 heavy (non-hydrogen) atoms. The van der Waals surface area contributed by atoms with E-state index in [1.807, 2.05) is 28.0 Å². The molecule has 106 valence electrons. The summed E-state index contributed by atoms with van der Waals surface area (Å²) >= 11 is 1.97. The molecule has 0 fully saturated rings. The van der Waals surface area contributed by atoms with Crippen molar-refractivity contribution >= 4 is 28.5 Å². The standard InChI is InChI=1S/C12H13IN4O3/c1-6-10(13)12(19)17(5-15-6)4-8-3-9(11(18)16-14)20-7(8)2/h3,5H,4,14H2,1-2H3,(H,16,18). The quantitative estimate of drug-likeness (QED) is 0.349. The molecule has 8 heteroatoms. The van der Waals surface area contributed by atoms with Crippen molar-refractivity contribution in [2.75, 3.05) is 0 Å². The molecule has 0 radical (unpaired) electrons. The first-order valence-electron chi connectivity index (χ1n) is 5.75. The van der Waals surface area contributed by atoms with Gasteiger partial charge in [-0.25, -0.2) is 10.8 Å². The highest BCUT2D eigenvalue weighted by molar-refractivity contribution is 14.1. The van der Waals surface area contributed by atoms with E-state index in [4.69, 9.17) is 10.3 Å². The summed E-state index contributed by atoms with van der Waals surface area (Å²) in [7, 11) is 0. The van der Waals surface area contributed by atoms with Gasteiger partial charge in [0.1, 0.15) is 5.76 Å². The molecule has 0 aliphatic rings. The topological polar surface area (TPSA) is 103 Å². The van der Waals surface area contributed by atoms with E-state index in [2.05, 4.69) is 4.98 Å². The molecule has 0 aliphatic heterocycles. The normalized spacial score (nSPS) is 10.6. The van der Waals surface area contributed by atoms with Crippen LogP contribution < -0.4 is 16.8 Å². The highest BCUT2D eigenvalue weighted by Gasteiger charge is 2.15. The number of carbonyl (C=O) groups is 1. The summed E-state index contributed by atoms with van der Waals surface area (Å²) in [6.07, 6.45) is 1.48. The van der Waals surface area contributed by atoms with Gasteiger partial charge in [0.2, 0.25) is 0 Å². The molecule has 2 rings (SSSR count). The summed E-state index contributed by atoms with van der Waals surface area (Å²) in [6, 6.07) is 1.57. The molecule has 1 amide bonds. The lowest BCUT2D eigenvalue weighted by atomic mass is 10.2. The van der Waals surface area contributed by atoms with E-state index < -0.39 is 5.91 Å². The van der Waals surface area contributed by atoms with Crippen LogP contribution in [0.3, 0.4) is 0 Å². The van der Waals surface area contributed by atoms with E-state index >= 15 is 0 Å². The van der Waals surface area contributed by atoms with E-state index in [1.54, 1.807) is 19.9 Å². The summed E-state index contributed by atoms with van der Waals surface area (Å²) < 4.78 is 7.35. The van der Waals surface area contributed by atoms with Crippen molar-refractivity contribution < 1.29 is 9.21 Å². The molecule has 2 aromatic rings. The highest BCUT2D eigenvalue weighted by atomic mass is 127. The van der Waals surface area contributed by atoms with Gasteiger partial charge in [-0.15, -0.1) is 0 Å². The number of nitrogens with two attached hydrogens (primary N) is 1. The number of aryl methyl sites for hydroxylation is 2.